The van der Waals surface area contributed by atoms with Gasteiger partial charge in [-0.1, -0.05) is 18.2 Å². The van der Waals surface area contributed by atoms with Gasteiger partial charge in [-0.2, -0.15) is 8.78 Å². The van der Waals surface area contributed by atoms with E-state index >= 15 is 0 Å². The molecule has 0 saturated heterocycles. The summed E-state index contributed by atoms with van der Waals surface area (Å²) >= 11 is 0. The normalized spacial score (nSPS) is 19.3. The first kappa shape index (κ1) is 17.9. The zero-order chi connectivity index (χ0) is 18.8. The Morgan fingerprint density at radius 3 is 2.81 bits per heavy atom. The highest BCUT2D eigenvalue weighted by atomic mass is 19.3. The average molecular weight is 365 g/mol. The van der Waals surface area contributed by atoms with Crippen LogP contribution in [0.5, 0.6) is 5.75 Å². The quantitative estimate of drug-likeness (QED) is 0.809. The lowest BCUT2D eigenvalue weighted by atomic mass is 9.80. The first-order valence-corrected chi connectivity index (χ1v) is 8.02. The van der Waals surface area contributed by atoms with Crippen molar-refractivity contribution in [3.63, 3.8) is 0 Å². The van der Waals surface area contributed by atoms with Crippen LogP contribution >= 0.6 is 0 Å². The Kier molecular flexibility index (Phi) is 4.92. The number of dihydropyridines is 1. The molecule has 6 nitrogen and oxygen atoms in total. The van der Waals surface area contributed by atoms with Crippen LogP contribution in [0.3, 0.4) is 0 Å². The number of hydrogen-bond acceptors (Lipinski definition) is 6. The highest BCUT2D eigenvalue weighted by Crippen LogP contribution is 2.44. The van der Waals surface area contributed by atoms with E-state index in [1.54, 1.807) is 19.9 Å². The Hall–Kier alpha value is -2.90. The third-order valence-electron chi connectivity index (χ3n) is 4.15. The fraction of sp³-hybridized carbons (Fsp3) is 0.333. The summed E-state index contributed by atoms with van der Waals surface area (Å²) < 4.78 is 40.4. The van der Waals surface area contributed by atoms with Crippen molar-refractivity contribution in [2.45, 2.75) is 26.4 Å². The number of ether oxygens (including phenoxy) is 3. The van der Waals surface area contributed by atoms with Crippen molar-refractivity contribution in [1.29, 1.82) is 0 Å². The van der Waals surface area contributed by atoms with Gasteiger partial charge in [0.1, 0.15) is 12.4 Å². The molecule has 0 bridgehead atoms. The zero-order valence-corrected chi connectivity index (χ0v) is 14.2. The SMILES string of the molecule is CCOC(=O)C1=C(C)NC2=C(C(=O)OC2)[C@H]1c1ccccc1OC(F)F. The summed E-state index contributed by atoms with van der Waals surface area (Å²) in [5, 5.41) is 2.98. The van der Waals surface area contributed by atoms with Gasteiger partial charge in [0.2, 0.25) is 0 Å². The third-order valence-corrected chi connectivity index (χ3v) is 4.15. The lowest BCUT2D eigenvalue weighted by Gasteiger charge is -2.28. The molecule has 2 aliphatic heterocycles. The Morgan fingerprint density at radius 2 is 2.12 bits per heavy atom. The maximum Gasteiger partial charge on any atom is 0.387 e. The fourth-order valence-corrected chi connectivity index (χ4v) is 3.18. The van der Waals surface area contributed by atoms with Crippen molar-refractivity contribution >= 4 is 11.9 Å². The van der Waals surface area contributed by atoms with E-state index in [-0.39, 0.29) is 35.7 Å². The second-order valence-electron chi connectivity index (χ2n) is 5.70. The number of esters is 2. The molecule has 0 aromatic heterocycles. The number of benzene rings is 1. The van der Waals surface area contributed by atoms with Crippen molar-refractivity contribution in [2.75, 3.05) is 13.2 Å². The van der Waals surface area contributed by atoms with E-state index in [1.807, 2.05) is 0 Å². The molecule has 0 spiro atoms. The molecule has 1 aromatic rings. The molecule has 2 aliphatic rings. The van der Waals surface area contributed by atoms with Crippen LogP contribution in [0.1, 0.15) is 25.3 Å². The largest absolute Gasteiger partial charge is 0.463 e. The molecule has 0 aliphatic carbocycles. The van der Waals surface area contributed by atoms with Gasteiger partial charge in [-0.25, -0.2) is 9.59 Å². The van der Waals surface area contributed by atoms with Gasteiger partial charge in [0.25, 0.3) is 0 Å². The van der Waals surface area contributed by atoms with Crippen LogP contribution < -0.4 is 10.1 Å². The van der Waals surface area contributed by atoms with E-state index in [9.17, 15) is 18.4 Å². The standard InChI is InChI=1S/C18H17F2NO5/c1-3-24-16(22)13-9(2)21-11-8-25-17(23)15(11)14(13)10-6-4-5-7-12(10)26-18(19)20/h4-7,14,18,21H,3,8H2,1-2H3/t14-/m0/s1. The zero-order valence-electron chi connectivity index (χ0n) is 14.2. The van der Waals surface area contributed by atoms with E-state index in [1.165, 1.54) is 18.2 Å². The van der Waals surface area contributed by atoms with Crippen molar-refractivity contribution in [2.24, 2.45) is 0 Å². The van der Waals surface area contributed by atoms with Crippen LogP contribution in [0.25, 0.3) is 0 Å². The average Bonchev–Trinajstić information content (AvgIpc) is 2.94. The van der Waals surface area contributed by atoms with Crippen LogP contribution in [0.15, 0.2) is 46.8 Å². The fourth-order valence-electron chi connectivity index (χ4n) is 3.18. The predicted octanol–water partition coefficient (Wildman–Crippen LogP) is 2.62. The summed E-state index contributed by atoms with van der Waals surface area (Å²) in [6.07, 6.45) is 0. The monoisotopic (exact) mass is 365 g/mol. The predicted molar refractivity (Wildman–Crippen MR) is 86.3 cm³/mol. The summed E-state index contributed by atoms with van der Waals surface area (Å²) in [4.78, 5) is 24.8. The minimum Gasteiger partial charge on any atom is -0.463 e. The molecule has 1 aromatic carbocycles. The molecule has 1 atom stereocenters. The van der Waals surface area contributed by atoms with Crippen molar-refractivity contribution in [3.8, 4) is 5.75 Å². The smallest absolute Gasteiger partial charge is 0.387 e. The summed E-state index contributed by atoms with van der Waals surface area (Å²) in [5.74, 6) is -2.29. The van der Waals surface area contributed by atoms with E-state index in [0.717, 1.165) is 0 Å². The second kappa shape index (κ2) is 7.15. The maximum absolute atomic E-state index is 12.8. The minimum absolute atomic E-state index is 0.0238. The van der Waals surface area contributed by atoms with Gasteiger partial charge in [-0.05, 0) is 19.9 Å². The molecular formula is C18H17F2NO5. The second-order valence-corrected chi connectivity index (χ2v) is 5.70. The molecule has 3 rings (SSSR count). The number of allylic oxidation sites excluding steroid dienone is 1. The Labute approximate surface area is 148 Å². The molecule has 0 unspecified atom stereocenters. The van der Waals surface area contributed by atoms with Crippen LogP contribution in [-0.2, 0) is 19.1 Å². The van der Waals surface area contributed by atoms with Gasteiger partial charge in [0, 0.05) is 11.3 Å². The van der Waals surface area contributed by atoms with Gasteiger partial charge in [-0.15, -0.1) is 0 Å². The highest BCUT2D eigenvalue weighted by molar-refractivity contribution is 6.01. The van der Waals surface area contributed by atoms with Crippen LogP contribution in [0.2, 0.25) is 0 Å². The molecule has 0 radical (unpaired) electrons. The Balaban J connectivity index is 2.17. The first-order valence-electron chi connectivity index (χ1n) is 8.02. The van der Waals surface area contributed by atoms with E-state index in [2.05, 4.69) is 10.1 Å². The number of para-hydroxylation sites is 1. The lowest BCUT2D eigenvalue weighted by molar-refractivity contribution is -0.138. The number of hydrogen-bond donors (Lipinski definition) is 1. The van der Waals surface area contributed by atoms with Gasteiger partial charge in [0.05, 0.1) is 29.4 Å². The van der Waals surface area contributed by atoms with E-state index in [0.29, 0.717) is 11.4 Å². The Bertz CT molecular complexity index is 816. The lowest BCUT2D eigenvalue weighted by Crippen LogP contribution is -2.30. The summed E-state index contributed by atoms with van der Waals surface area (Å²) in [5.41, 5.74) is 1.59. The molecular weight excluding hydrogens is 348 g/mol. The number of rotatable bonds is 5. The summed E-state index contributed by atoms with van der Waals surface area (Å²) in [6.45, 7) is 0.422. The van der Waals surface area contributed by atoms with Gasteiger partial charge in [-0.3, -0.25) is 0 Å². The van der Waals surface area contributed by atoms with Gasteiger partial charge >= 0.3 is 18.6 Å². The number of halogens is 2. The van der Waals surface area contributed by atoms with E-state index < -0.39 is 24.5 Å². The summed E-state index contributed by atoms with van der Waals surface area (Å²) in [7, 11) is 0. The van der Waals surface area contributed by atoms with Crippen LogP contribution in [-0.4, -0.2) is 31.8 Å². The molecule has 1 N–H and O–H groups in total. The molecule has 0 fully saturated rings. The molecule has 2 heterocycles. The summed E-state index contributed by atoms with van der Waals surface area (Å²) in [6, 6.07) is 6.05. The number of alkyl halides is 2. The molecule has 138 valence electrons. The topological polar surface area (TPSA) is 73.9 Å². The third kappa shape index (κ3) is 3.14. The van der Waals surface area contributed by atoms with Crippen LogP contribution in [0, 0.1) is 0 Å². The van der Waals surface area contributed by atoms with Crippen molar-refractivity contribution in [3.05, 3.63) is 52.4 Å². The van der Waals surface area contributed by atoms with Gasteiger partial charge in [0.15, 0.2) is 0 Å². The molecule has 8 heteroatoms. The number of cyclic esters (lactones) is 1. The molecule has 0 saturated carbocycles. The number of carbonyl (C=O) groups excluding carboxylic acids is 2. The van der Waals surface area contributed by atoms with Crippen molar-refractivity contribution in [1.82, 2.24) is 5.32 Å². The number of nitrogens with one attached hydrogen (secondary N) is 1. The first-order chi connectivity index (χ1) is 12.4. The minimum atomic E-state index is -3.04. The van der Waals surface area contributed by atoms with E-state index in [4.69, 9.17) is 9.47 Å². The van der Waals surface area contributed by atoms with Gasteiger partial charge < -0.3 is 19.5 Å². The molecule has 26 heavy (non-hydrogen) atoms. The van der Waals surface area contributed by atoms with Crippen molar-refractivity contribution < 1.29 is 32.6 Å². The Morgan fingerprint density at radius 1 is 1.38 bits per heavy atom. The number of carbonyl (C=O) groups is 2. The van der Waals surface area contributed by atoms with Crippen LogP contribution in [0.4, 0.5) is 8.78 Å². The molecule has 0 amide bonds. The maximum atomic E-state index is 12.8. The highest BCUT2D eigenvalue weighted by Gasteiger charge is 2.43.